The Hall–Kier alpha value is -1.22. The van der Waals surface area contributed by atoms with Crippen LogP contribution in [0.1, 0.15) is 44.7 Å². The Morgan fingerprint density at radius 1 is 1.21 bits per heavy atom. The van der Waals surface area contributed by atoms with Crippen LogP contribution in [0.25, 0.3) is 0 Å². The Morgan fingerprint density at radius 2 is 1.95 bits per heavy atom. The second-order valence-corrected chi connectivity index (χ2v) is 5.08. The highest BCUT2D eigenvalue weighted by molar-refractivity contribution is 5.42. The van der Waals surface area contributed by atoms with Crippen LogP contribution in [-0.4, -0.2) is 21.3 Å². The molecule has 0 aliphatic carbocycles. The van der Waals surface area contributed by atoms with Crippen LogP contribution in [-0.2, 0) is 0 Å². The number of rotatable bonds is 8. The zero-order valence-corrected chi connectivity index (χ0v) is 12.8. The molecule has 1 rings (SSSR count). The number of hydrogen-bond acceptors (Lipinski definition) is 3. The molecule has 1 aromatic carbocycles. The molecule has 0 aliphatic rings. The van der Waals surface area contributed by atoms with Crippen LogP contribution >= 0.6 is 0 Å². The molecule has 0 saturated carbocycles. The van der Waals surface area contributed by atoms with Gasteiger partial charge in [0, 0.05) is 17.7 Å². The number of nitrogens with one attached hydrogen (secondary N) is 1. The standard InChI is InChI=1S/C16H27NO2/c1-6-7-12(2)10-15(17-3)14-9-8-13(18-4)11-16(14)19-5/h8-9,11-12,15,17H,6-7,10H2,1-5H3. The van der Waals surface area contributed by atoms with E-state index in [4.69, 9.17) is 9.47 Å². The molecule has 19 heavy (non-hydrogen) atoms. The van der Waals surface area contributed by atoms with E-state index in [1.54, 1.807) is 14.2 Å². The third-order valence-corrected chi connectivity index (χ3v) is 3.58. The maximum absolute atomic E-state index is 5.49. The van der Waals surface area contributed by atoms with Crippen molar-refractivity contribution in [2.75, 3.05) is 21.3 Å². The van der Waals surface area contributed by atoms with Gasteiger partial charge in [-0.2, -0.15) is 0 Å². The zero-order chi connectivity index (χ0) is 14.3. The van der Waals surface area contributed by atoms with Crippen LogP contribution in [0.3, 0.4) is 0 Å². The summed E-state index contributed by atoms with van der Waals surface area (Å²) in [5.74, 6) is 2.42. The highest BCUT2D eigenvalue weighted by atomic mass is 16.5. The van der Waals surface area contributed by atoms with Crippen molar-refractivity contribution in [2.45, 2.75) is 39.2 Å². The first-order valence-corrected chi connectivity index (χ1v) is 7.05. The molecule has 0 aliphatic heterocycles. The van der Waals surface area contributed by atoms with Crippen LogP contribution in [0.2, 0.25) is 0 Å². The largest absolute Gasteiger partial charge is 0.497 e. The minimum absolute atomic E-state index is 0.322. The zero-order valence-electron chi connectivity index (χ0n) is 12.8. The van der Waals surface area contributed by atoms with E-state index >= 15 is 0 Å². The first-order chi connectivity index (χ1) is 9.15. The van der Waals surface area contributed by atoms with Gasteiger partial charge in [-0.3, -0.25) is 0 Å². The maximum atomic E-state index is 5.49. The van der Waals surface area contributed by atoms with Crippen molar-refractivity contribution in [3.63, 3.8) is 0 Å². The van der Waals surface area contributed by atoms with E-state index in [1.165, 1.54) is 18.4 Å². The van der Waals surface area contributed by atoms with Gasteiger partial charge >= 0.3 is 0 Å². The van der Waals surface area contributed by atoms with Crippen LogP contribution in [0.5, 0.6) is 11.5 Å². The lowest BCUT2D eigenvalue weighted by Gasteiger charge is -2.23. The second-order valence-electron chi connectivity index (χ2n) is 5.08. The summed E-state index contributed by atoms with van der Waals surface area (Å²) in [6, 6.07) is 6.36. The van der Waals surface area contributed by atoms with Crippen molar-refractivity contribution in [3.05, 3.63) is 23.8 Å². The Morgan fingerprint density at radius 3 is 2.47 bits per heavy atom. The average Bonchev–Trinajstić information content (AvgIpc) is 2.44. The van der Waals surface area contributed by atoms with Crippen LogP contribution in [0, 0.1) is 5.92 Å². The van der Waals surface area contributed by atoms with Gasteiger partial charge in [-0.25, -0.2) is 0 Å². The molecule has 108 valence electrons. The average molecular weight is 265 g/mol. The van der Waals surface area contributed by atoms with Crippen molar-refractivity contribution in [1.82, 2.24) is 5.32 Å². The van der Waals surface area contributed by atoms with E-state index in [-0.39, 0.29) is 0 Å². The van der Waals surface area contributed by atoms with Crippen molar-refractivity contribution >= 4 is 0 Å². The smallest absolute Gasteiger partial charge is 0.127 e. The van der Waals surface area contributed by atoms with Gasteiger partial charge < -0.3 is 14.8 Å². The molecule has 0 spiro atoms. The fourth-order valence-corrected chi connectivity index (χ4v) is 2.52. The first kappa shape index (κ1) is 15.8. The molecule has 3 heteroatoms. The third-order valence-electron chi connectivity index (χ3n) is 3.58. The fourth-order valence-electron chi connectivity index (χ4n) is 2.52. The van der Waals surface area contributed by atoms with Crippen LogP contribution < -0.4 is 14.8 Å². The molecule has 0 bridgehead atoms. The predicted molar refractivity (Wildman–Crippen MR) is 80.0 cm³/mol. The second kappa shape index (κ2) is 8.05. The quantitative estimate of drug-likeness (QED) is 0.775. The van der Waals surface area contributed by atoms with Gasteiger partial charge in [0.05, 0.1) is 14.2 Å². The lowest BCUT2D eigenvalue weighted by molar-refractivity contribution is 0.368. The summed E-state index contributed by atoms with van der Waals surface area (Å²) in [5.41, 5.74) is 1.20. The lowest BCUT2D eigenvalue weighted by Crippen LogP contribution is -2.19. The van der Waals surface area contributed by atoms with Crippen molar-refractivity contribution in [2.24, 2.45) is 5.92 Å². The molecule has 0 heterocycles. The monoisotopic (exact) mass is 265 g/mol. The van der Waals surface area contributed by atoms with E-state index in [2.05, 4.69) is 25.2 Å². The topological polar surface area (TPSA) is 30.5 Å². The molecule has 2 atom stereocenters. The normalized spacial score (nSPS) is 13.9. The minimum atomic E-state index is 0.322. The summed E-state index contributed by atoms with van der Waals surface area (Å²) in [4.78, 5) is 0. The summed E-state index contributed by atoms with van der Waals surface area (Å²) < 4.78 is 10.7. The van der Waals surface area contributed by atoms with Gasteiger partial charge in [0.25, 0.3) is 0 Å². The highest BCUT2D eigenvalue weighted by Crippen LogP contribution is 2.33. The third kappa shape index (κ3) is 4.43. The van der Waals surface area contributed by atoms with Gasteiger partial charge in [-0.05, 0) is 25.5 Å². The van der Waals surface area contributed by atoms with E-state index in [9.17, 15) is 0 Å². The van der Waals surface area contributed by atoms with Crippen LogP contribution in [0.4, 0.5) is 0 Å². The van der Waals surface area contributed by atoms with E-state index < -0.39 is 0 Å². The molecular formula is C16H27NO2. The van der Waals surface area contributed by atoms with E-state index in [0.717, 1.165) is 17.9 Å². The van der Waals surface area contributed by atoms with Crippen molar-refractivity contribution < 1.29 is 9.47 Å². The molecular weight excluding hydrogens is 238 g/mol. The molecule has 3 nitrogen and oxygen atoms in total. The Bertz CT molecular complexity index is 379. The fraction of sp³-hybridized carbons (Fsp3) is 0.625. The predicted octanol–water partition coefficient (Wildman–Crippen LogP) is 3.79. The summed E-state index contributed by atoms with van der Waals surface area (Å²) >= 11 is 0. The SMILES string of the molecule is CCCC(C)CC(NC)c1ccc(OC)cc1OC. The molecule has 1 aromatic rings. The lowest BCUT2D eigenvalue weighted by atomic mass is 9.92. The van der Waals surface area contributed by atoms with Crippen LogP contribution in [0.15, 0.2) is 18.2 Å². The van der Waals surface area contributed by atoms with Gasteiger partial charge in [0.1, 0.15) is 11.5 Å². The molecule has 0 amide bonds. The van der Waals surface area contributed by atoms with Gasteiger partial charge in [-0.15, -0.1) is 0 Å². The number of benzene rings is 1. The molecule has 0 radical (unpaired) electrons. The molecule has 1 N–H and O–H groups in total. The summed E-state index contributed by atoms with van der Waals surface area (Å²) in [6.45, 7) is 4.54. The van der Waals surface area contributed by atoms with Gasteiger partial charge in [-0.1, -0.05) is 32.8 Å². The molecule has 0 fully saturated rings. The summed E-state index contributed by atoms with van der Waals surface area (Å²) in [5, 5.41) is 3.40. The summed E-state index contributed by atoms with van der Waals surface area (Å²) in [7, 11) is 5.39. The minimum Gasteiger partial charge on any atom is -0.497 e. The molecule has 0 saturated heterocycles. The first-order valence-electron chi connectivity index (χ1n) is 7.05. The highest BCUT2D eigenvalue weighted by Gasteiger charge is 2.17. The van der Waals surface area contributed by atoms with Gasteiger partial charge in [0.15, 0.2) is 0 Å². The Kier molecular flexibility index (Phi) is 6.71. The van der Waals surface area contributed by atoms with E-state index in [0.29, 0.717) is 12.0 Å². The molecule has 2 unspecified atom stereocenters. The van der Waals surface area contributed by atoms with Gasteiger partial charge in [0.2, 0.25) is 0 Å². The van der Waals surface area contributed by atoms with Crippen molar-refractivity contribution in [3.8, 4) is 11.5 Å². The Balaban J connectivity index is 2.90. The number of hydrogen-bond donors (Lipinski definition) is 1. The van der Waals surface area contributed by atoms with E-state index in [1.807, 2.05) is 19.2 Å². The summed E-state index contributed by atoms with van der Waals surface area (Å²) in [6.07, 6.45) is 3.61. The number of methoxy groups -OCH3 is 2. The molecule has 0 aromatic heterocycles. The number of ether oxygens (including phenoxy) is 2. The van der Waals surface area contributed by atoms with Crippen molar-refractivity contribution in [1.29, 1.82) is 0 Å². The maximum Gasteiger partial charge on any atom is 0.127 e. The Labute approximate surface area is 117 Å².